The van der Waals surface area contributed by atoms with Crippen LogP contribution in [-0.2, 0) is 17.5 Å². The van der Waals surface area contributed by atoms with E-state index in [9.17, 15) is 37.4 Å². The molecule has 0 bridgehead atoms. The number of aliphatic hydroxyl groups excluding tert-OH is 2. The van der Waals surface area contributed by atoms with Crippen LogP contribution in [0.25, 0.3) is 0 Å². The van der Waals surface area contributed by atoms with Gasteiger partial charge in [-0.25, -0.2) is 4.39 Å². The minimum absolute atomic E-state index is 0.0467. The average Bonchev–Trinajstić information content (AvgIpc) is 2.97. The lowest BCUT2D eigenvalue weighted by molar-refractivity contribution is -0.137. The molecular weight excluding hydrogens is 671 g/mol. The number of nitrogens with one attached hydrogen (secondary N) is 1. The van der Waals surface area contributed by atoms with E-state index in [0.29, 0.717) is 9.32 Å². The quantitative estimate of drug-likeness (QED) is 0.222. The first kappa shape index (κ1) is 31.4. The summed E-state index contributed by atoms with van der Waals surface area (Å²) in [6.45, 7) is -0.719. The zero-order valence-corrected chi connectivity index (χ0v) is 24.2. The predicted octanol–water partition coefficient (Wildman–Crippen LogP) is 4.71. The van der Waals surface area contributed by atoms with Crippen molar-refractivity contribution in [2.24, 2.45) is 0 Å². The average molecular weight is 698 g/mol. The molecule has 2 amide bonds. The molecule has 7 nitrogen and oxygen atoms in total. The van der Waals surface area contributed by atoms with E-state index in [2.05, 4.69) is 5.32 Å². The summed E-state index contributed by atoms with van der Waals surface area (Å²) in [5.41, 5.74) is -0.828. The lowest BCUT2D eigenvalue weighted by atomic mass is 9.87. The molecule has 0 spiro atoms. The number of para-hydroxylation sites is 1. The zero-order valence-electron chi connectivity index (χ0n) is 22.0. The molecule has 222 valence electrons. The van der Waals surface area contributed by atoms with Crippen LogP contribution in [0.4, 0.5) is 17.6 Å². The molecule has 0 aliphatic heterocycles. The van der Waals surface area contributed by atoms with Gasteiger partial charge in [0.1, 0.15) is 23.8 Å². The molecule has 3 atom stereocenters. The number of aliphatic hydroxyl groups is 2. The lowest BCUT2D eigenvalue weighted by Gasteiger charge is -2.40. The van der Waals surface area contributed by atoms with E-state index >= 15 is 0 Å². The highest BCUT2D eigenvalue weighted by molar-refractivity contribution is 14.1. The van der Waals surface area contributed by atoms with Crippen LogP contribution in [0.15, 0.2) is 84.4 Å². The molecule has 0 heterocycles. The summed E-state index contributed by atoms with van der Waals surface area (Å²) >= 11 is 2.04. The molecule has 1 aliphatic rings. The van der Waals surface area contributed by atoms with Crippen LogP contribution in [0.1, 0.15) is 27.9 Å². The maximum Gasteiger partial charge on any atom is 0.416 e. The van der Waals surface area contributed by atoms with E-state index in [1.807, 2.05) is 22.6 Å². The number of carbonyl (C=O) groups is 2. The Morgan fingerprint density at radius 1 is 1.02 bits per heavy atom. The third-order valence-electron chi connectivity index (χ3n) is 6.73. The van der Waals surface area contributed by atoms with E-state index < -0.39 is 47.6 Å². The SMILES string of the molecule is O=C(NCCO)C1=CC(Oc2ccccc2I)C(O)C(N(Cc2ccccc2F)C(=O)c2ccc(C(F)(F)F)cc2)C1. The van der Waals surface area contributed by atoms with Crippen molar-refractivity contribution in [3.8, 4) is 5.75 Å². The number of hydrogen-bond acceptors (Lipinski definition) is 5. The number of ether oxygens (including phenoxy) is 1. The van der Waals surface area contributed by atoms with Gasteiger partial charge in [0, 0.05) is 36.2 Å². The maximum atomic E-state index is 14.8. The van der Waals surface area contributed by atoms with Crippen LogP contribution in [0.3, 0.4) is 0 Å². The second-order valence-corrected chi connectivity index (χ2v) is 10.7. The largest absolute Gasteiger partial charge is 0.482 e. The summed E-state index contributed by atoms with van der Waals surface area (Å²) < 4.78 is 61.1. The molecule has 4 rings (SSSR count). The fraction of sp³-hybridized carbons (Fsp3) is 0.267. The van der Waals surface area contributed by atoms with Crippen molar-refractivity contribution in [1.82, 2.24) is 10.2 Å². The Morgan fingerprint density at radius 3 is 2.33 bits per heavy atom. The first-order valence-electron chi connectivity index (χ1n) is 12.9. The van der Waals surface area contributed by atoms with E-state index in [4.69, 9.17) is 4.74 Å². The van der Waals surface area contributed by atoms with Crippen molar-refractivity contribution in [1.29, 1.82) is 0 Å². The maximum absolute atomic E-state index is 14.8. The van der Waals surface area contributed by atoms with E-state index in [0.717, 1.165) is 29.2 Å². The molecule has 0 fully saturated rings. The van der Waals surface area contributed by atoms with Gasteiger partial charge in [0.15, 0.2) is 0 Å². The van der Waals surface area contributed by atoms with Gasteiger partial charge in [-0.1, -0.05) is 30.3 Å². The van der Waals surface area contributed by atoms with Crippen molar-refractivity contribution in [3.63, 3.8) is 0 Å². The molecule has 3 aromatic rings. The van der Waals surface area contributed by atoms with Crippen LogP contribution in [0.2, 0.25) is 0 Å². The van der Waals surface area contributed by atoms with Crippen LogP contribution in [0, 0.1) is 9.39 Å². The van der Waals surface area contributed by atoms with E-state index in [1.54, 1.807) is 30.3 Å². The monoisotopic (exact) mass is 698 g/mol. The number of halogens is 5. The zero-order chi connectivity index (χ0) is 30.4. The number of nitrogens with zero attached hydrogens (tertiary/aromatic N) is 1. The van der Waals surface area contributed by atoms with Crippen molar-refractivity contribution in [2.75, 3.05) is 13.2 Å². The van der Waals surface area contributed by atoms with Crippen molar-refractivity contribution < 1.29 is 42.1 Å². The van der Waals surface area contributed by atoms with Gasteiger partial charge in [0.25, 0.3) is 5.91 Å². The van der Waals surface area contributed by atoms with Crippen LogP contribution in [-0.4, -0.2) is 58.3 Å². The van der Waals surface area contributed by atoms with Gasteiger partial charge in [-0.15, -0.1) is 0 Å². The van der Waals surface area contributed by atoms with Gasteiger partial charge in [0.2, 0.25) is 5.91 Å². The molecule has 1 aliphatic carbocycles. The standard InChI is InChI=1S/C30H27F4IN2O5/c31-22-6-2-1-5-19(22)17-37(29(41)18-9-11-21(12-10-18)30(32,33)34)24-15-20(28(40)36-13-14-38)16-26(27(24)39)42-25-8-4-3-7-23(25)35/h1-12,16,24,26-27,38-39H,13-15,17H2,(H,36,40). The molecule has 42 heavy (non-hydrogen) atoms. The summed E-state index contributed by atoms with van der Waals surface area (Å²) in [6.07, 6.45) is -5.90. The first-order chi connectivity index (χ1) is 20.0. The third-order valence-corrected chi connectivity index (χ3v) is 7.62. The highest BCUT2D eigenvalue weighted by Gasteiger charge is 2.41. The Morgan fingerprint density at radius 2 is 1.69 bits per heavy atom. The van der Waals surface area contributed by atoms with Gasteiger partial charge >= 0.3 is 6.18 Å². The van der Waals surface area contributed by atoms with Gasteiger partial charge in [-0.2, -0.15) is 13.2 Å². The van der Waals surface area contributed by atoms with E-state index in [-0.39, 0.29) is 42.8 Å². The summed E-state index contributed by atoms with van der Waals surface area (Å²) in [4.78, 5) is 28.0. The molecule has 3 N–H and O–H groups in total. The van der Waals surface area contributed by atoms with Gasteiger partial charge < -0.3 is 25.2 Å². The van der Waals surface area contributed by atoms with Gasteiger partial charge in [-0.3, -0.25) is 9.59 Å². The second-order valence-electron chi connectivity index (χ2n) is 9.55. The summed E-state index contributed by atoms with van der Waals surface area (Å²) in [6, 6.07) is 15.0. The lowest BCUT2D eigenvalue weighted by Crippen LogP contribution is -2.55. The molecule has 0 saturated carbocycles. The Balaban J connectivity index is 1.75. The molecule has 12 heteroatoms. The minimum Gasteiger partial charge on any atom is -0.482 e. The Labute approximate surface area is 252 Å². The Kier molecular flexibility index (Phi) is 10.2. The molecule has 0 aromatic heterocycles. The number of carbonyl (C=O) groups excluding carboxylic acids is 2. The molecule has 3 aromatic carbocycles. The number of alkyl halides is 3. The fourth-order valence-electron chi connectivity index (χ4n) is 4.58. The highest BCUT2D eigenvalue weighted by atomic mass is 127. The minimum atomic E-state index is -4.62. The van der Waals surface area contributed by atoms with Crippen molar-refractivity contribution in [3.05, 3.63) is 111 Å². The number of benzene rings is 3. The smallest absolute Gasteiger partial charge is 0.416 e. The van der Waals surface area contributed by atoms with E-state index in [1.165, 1.54) is 24.3 Å². The highest BCUT2D eigenvalue weighted by Crippen LogP contribution is 2.33. The predicted molar refractivity (Wildman–Crippen MR) is 154 cm³/mol. The van der Waals surface area contributed by atoms with Crippen molar-refractivity contribution in [2.45, 2.75) is 37.4 Å². The first-order valence-corrected chi connectivity index (χ1v) is 14.0. The molecule has 3 unspecified atom stereocenters. The van der Waals surface area contributed by atoms with Crippen LogP contribution < -0.4 is 10.1 Å². The second kappa shape index (κ2) is 13.7. The number of hydrogen-bond donors (Lipinski definition) is 3. The van der Waals surface area contributed by atoms with Crippen LogP contribution in [0.5, 0.6) is 5.75 Å². The van der Waals surface area contributed by atoms with Gasteiger partial charge in [-0.05, 0) is 71.1 Å². The molecular formula is C30H27F4IN2O5. The van der Waals surface area contributed by atoms with Gasteiger partial charge in [0.05, 0.1) is 21.8 Å². The van der Waals surface area contributed by atoms with Crippen molar-refractivity contribution >= 4 is 34.4 Å². The number of amides is 2. The van der Waals surface area contributed by atoms with Crippen LogP contribution >= 0.6 is 22.6 Å². The third kappa shape index (κ3) is 7.47. The summed E-state index contributed by atoms with van der Waals surface area (Å²) in [5.74, 6) is -1.56. The molecule has 0 radical (unpaired) electrons. The number of rotatable bonds is 9. The Bertz CT molecular complexity index is 1450. The Hall–Kier alpha value is -3.49. The topological polar surface area (TPSA) is 99.1 Å². The fourth-order valence-corrected chi connectivity index (χ4v) is 5.10. The summed E-state index contributed by atoms with van der Waals surface area (Å²) in [5, 5.41) is 23.3. The molecule has 0 saturated heterocycles. The summed E-state index contributed by atoms with van der Waals surface area (Å²) in [7, 11) is 0. The normalized spacial score (nSPS) is 18.6.